The fourth-order valence-corrected chi connectivity index (χ4v) is 4.43. The van der Waals surface area contributed by atoms with Crippen molar-refractivity contribution in [1.82, 2.24) is 0 Å². The summed E-state index contributed by atoms with van der Waals surface area (Å²) in [7, 11) is 0. The number of aliphatic hydroxyl groups excluding tert-OH is 1. The molecule has 0 radical (unpaired) electrons. The van der Waals surface area contributed by atoms with Crippen LogP contribution in [0.4, 0.5) is 0 Å². The fraction of sp³-hybridized carbons (Fsp3) is 0.571. The van der Waals surface area contributed by atoms with Crippen LogP contribution >= 0.6 is 11.8 Å². The summed E-state index contributed by atoms with van der Waals surface area (Å²) in [6, 6.07) is 0. The Morgan fingerprint density at radius 1 is 1.41 bits per heavy atom. The summed E-state index contributed by atoms with van der Waals surface area (Å²) in [5, 5.41) is 20.5. The van der Waals surface area contributed by atoms with Gasteiger partial charge < -0.3 is 10.2 Å². The fourth-order valence-electron chi connectivity index (χ4n) is 2.63. The molecule has 2 fully saturated rings. The van der Waals surface area contributed by atoms with Crippen LogP contribution < -0.4 is 0 Å². The van der Waals surface area contributed by atoms with Gasteiger partial charge in [0.05, 0.1) is 11.4 Å². The molecule has 0 amide bonds. The van der Waals surface area contributed by atoms with Crippen LogP contribution in [0.25, 0.3) is 0 Å². The molecule has 2 aliphatic rings. The van der Waals surface area contributed by atoms with E-state index in [4.69, 9.17) is 0 Å². The Labute approximate surface area is 107 Å². The number of rotatable bonds is 4. The standard InChI is InChI=1S/C14H20O2S/c1-4-6-7-9-8-10(9)13-14(3,16)12(15)11(5-2)17-13/h4-7,9-13,15-16H,1-2,8H2,3H3. The van der Waals surface area contributed by atoms with Gasteiger partial charge in [0.1, 0.15) is 5.60 Å². The maximum atomic E-state index is 10.4. The quantitative estimate of drug-likeness (QED) is 0.595. The summed E-state index contributed by atoms with van der Waals surface area (Å²) in [6.07, 6.45) is 7.99. The lowest BCUT2D eigenvalue weighted by Crippen LogP contribution is -2.45. The van der Waals surface area contributed by atoms with Crippen LogP contribution in [0.3, 0.4) is 0 Å². The molecule has 6 atom stereocenters. The van der Waals surface area contributed by atoms with E-state index in [1.54, 1.807) is 30.8 Å². The molecule has 0 bridgehead atoms. The van der Waals surface area contributed by atoms with Crippen molar-refractivity contribution >= 4 is 11.8 Å². The number of aliphatic hydroxyl groups is 2. The Morgan fingerprint density at radius 2 is 2.12 bits per heavy atom. The van der Waals surface area contributed by atoms with E-state index in [1.807, 2.05) is 6.08 Å². The van der Waals surface area contributed by atoms with Gasteiger partial charge in [0.15, 0.2) is 0 Å². The van der Waals surface area contributed by atoms with E-state index in [1.165, 1.54) is 0 Å². The van der Waals surface area contributed by atoms with Crippen LogP contribution in [0.15, 0.2) is 37.5 Å². The molecule has 1 aliphatic heterocycles. The number of hydrogen-bond donors (Lipinski definition) is 2. The van der Waals surface area contributed by atoms with Crippen molar-refractivity contribution in [2.24, 2.45) is 11.8 Å². The molecule has 2 nitrogen and oxygen atoms in total. The van der Waals surface area contributed by atoms with Crippen LogP contribution in [0.2, 0.25) is 0 Å². The molecule has 6 unspecified atom stereocenters. The Morgan fingerprint density at radius 3 is 2.65 bits per heavy atom. The molecule has 1 heterocycles. The van der Waals surface area contributed by atoms with E-state index in [9.17, 15) is 10.2 Å². The molecule has 94 valence electrons. The van der Waals surface area contributed by atoms with Crippen LogP contribution in [-0.4, -0.2) is 32.4 Å². The van der Waals surface area contributed by atoms with E-state index in [0.29, 0.717) is 11.8 Å². The average Bonchev–Trinajstić information content (AvgIpc) is 3.01. The van der Waals surface area contributed by atoms with Gasteiger partial charge in [0.25, 0.3) is 0 Å². The molecule has 3 heteroatoms. The lowest BCUT2D eigenvalue weighted by molar-refractivity contribution is -0.0518. The first-order valence-corrected chi connectivity index (χ1v) is 6.94. The Hall–Kier alpha value is -0.510. The van der Waals surface area contributed by atoms with E-state index in [0.717, 1.165) is 6.42 Å². The van der Waals surface area contributed by atoms with Gasteiger partial charge in [-0.05, 0) is 25.2 Å². The van der Waals surface area contributed by atoms with Gasteiger partial charge in [0, 0.05) is 5.25 Å². The molecule has 1 aliphatic carbocycles. The predicted molar refractivity (Wildman–Crippen MR) is 72.9 cm³/mol. The van der Waals surface area contributed by atoms with Crippen molar-refractivity contribution in [1.29, 1.82) is 0 Å². The summed E-state index contributed by atoms with van der Waals surface area (Å²) < 4.78 is 0. The molecular weight excluding hydrogens is 232 g/mol. The maximum absolute atomic E-state index is 10.4. The third kappa shape index (κ3) is 2.24. The van der Waals surface area contributed by atoms with Gasteiger partial charge in [-0.15, -0.1) is 18.3 Å². The van der Waals surface area contributed by atoms with Gasteiger partial charge in [-0.2, -0.15) is 0 Å². The second kappa shape index (κ2) is 4.63. The minimum absolute atomic E-state index is 0.0559. The lowest BCUT2D eigenvalue weighted by Gasteiger charge is -2.28. The molecule has 0 aromatic heterocycles. The molecule has 2 rings (SSSR count). The Balaban J connectivity index is 2.06. The molecular formula is C14H20O2S. The highest BCUT2D eigenvalue weighted by molar-refractivity contribution is 8.01. The molecule has 2 N–H and O–H groups in total. The smallest absolute Gasteiger partial charge is 0.101 e. The van der Waals surface area contributed by atoms with E-state index >= 15 is 0 Å². The topological polar surface area (TPSA) is 40.5 Å². The summed E-state index contributed by atoms with van der Waals surface area (Å²) in [5.41, 5.74) is -1.01. The van der Waals surface area contributed by atoms with Crippen molar-refractivity contribution in [3.05, 3.63) is 37.5 Å². The minimum Gasteiger partial charge on any atom is -0.389 e. The summed E-state index contributed by atoms with van der Waals surface area (Å²) in [6.45, 7) is 9.12. The first-order chi connectivity index (χ1) is 8.02. The van der Waals surface area contributed by atoms with Gasteiger partial charge in [-0.1, -0.05) is 30.9 Å². The van der Waals surface area contributed by atoms with Gasteiger partial charge in [0.2, 0.25) is 0 Å². The van der Waals surface area contributed by atoms with Crippen LogP contribution in [0.5, 0.6) is 0 Å². The molecule has 0 spiro atoms. The zero-order valence-corrected chi connectivity index (χ0v) is 10.9. The van der Waals surface area contributed by atoms with Gasteiger partial charge in [-0.25, -0.2) is 0 Å². The van der Waals surface area contributed by atoms with Crippen molar-refractivity contribution in [2.75, 3.05) is 0 Å². The van der Waals surface area contributed by atoms with Crippen molar-refractivity contribution in [2.45, 2.75) is 35.5 Å². The van der Waals surface area contributed by atoms with E-state index in [-0.39, 0.29) is 10.5 Å². The zero-order chi connectivity index (χ0) is 12.6. The normalized spacial score (nSPS) is 49.5. The Bertz CT molecular complexity index is 348. The SMILES string of the molecule is C=CC=CC1CC1C1SC(C=C)C(O)C1(C)O. The van der Waals surface area contributed by atoms with Gasteiger partial charge in [-0.3, -0.25) is 0 Å². The highest BCUT2D eigenvalue weighted by atomic mass is 32.2. The van der Waals surface area contributed by atoms with Crippen LogP contribution in [0.1, 0.15) is 13.3 Å². The second-order valence-corrected chi connectivity index (χ2v) is 6.44. The summed E-state index contributed by atoms with van der Waals surface area (Å²) in [4.78, 5) is 0. The largest absolute Gasteiger partial charge is 0.389 e. The van der Waals surface area contributed by atoms with E-state index in [2.05, 4.69) is 19.2 Å². The average molecular weight is 252 g/mol. The van der Waals surface area contributed by atoms with E-state index < -0.39 is 11.7 Å². The third-order valence-corrected chi connectivity index (χ3v) is 5.68. The molecule has 0 aromatic rings. The summed E-state index contributed by atoms with van der Waals surface area (Å²) >= 11 is 1.66. The molecule has 1 saturated heterocycles. The Kier molecular flexibility index (Phi) is 3.53. The highest BCUT2D eigenvalue weighted by Crippen LogP contribution is 2.56. The minimum atomic E-state index is -1.01. The number of thioether (sulfide) groups is 1. The summed E-state index contributed by atoms with van der Waals surface area (Å²) in [5.74, 6) is 0.985. The first kappa shape index (κ1) is 12.9. The number of allylic oxidation sites excluding steroid dienone is 3. The third-order valence-electron chi connectivity index (χ3n) is 3.80. The van der Waals surface area contributed by atoms with Crippen molar-refractivity contribution < 1.29 is 10.2 Å². The van der Waals surface area contributed by atoms with Gasteiger partial charge >= 0.3 is 0 Å². The zero-order valence-electron chi connectivity index (χ0n) is 10.1. The monoisotopic (exact) mass is 252 g/mol. The van der Waals surface area contributed by atoms with Crippen molar-refractivity contribution in [3.8, 4) is 0 Å². The molecule has 0 aromatic carbocycles. The molecule has 17 heavy (non-hydrogen) atoms. The lowest BCUT2D eigenvalue weighted by atomic mass is 9.90. The molecule has 1 saturated carbocycles. The van der Waals surface area contributed by atoms with Crippen LogP contribution in [0, 0.1) is 11.8 Å². The second-order valence-electron chi connectivity index (χ2n) is 5.11. The highest BCUT2D eigenvalue weighted by Gasteiger charge is 2.58. The maximum Gasteiger partial charge on any atom is 0.101 e. The predicted octanol–water partition coefficient (Wildman–Crippen LogP) is 2.15. The first-order valence-electron chi connectivity index (χ1n) is 6.00. The van der Waals surface area contributed by atoms with Crippen molar-refractivity contribution in [3.63, 3.8) is 0 Å². The van der Waals surface area contributed by atoms with Crippen LogP contribution in [-0.2, 0) is 0 Å². The number of hydrogen-bond acceptors (Lipinski definition) is 3.